The van der Waals surface area contributed by atoms with Crippen molar-refractivity contribution in [3.05, 3.63) is 0 Å². The molecule has 0 aromatic heterocycles. The van der Waals surface area contributed by atoms with Crippen LogP contribution in [0.3, 0.4) is 0 Å². The largest absolute Gasteiger partial charge is 0.481 e. The summed E-state index contributed by atoms with van der Waals surface area (Å²) in [6, 6.07) is 0. The second-order valence-corrected chi connectivity index (χ2v) is 2.91. The average Bonchev–Trinajstić information content (AvgIpc) is 1.97. The molecule has 0 rings (SSSR count). The number of unbranched alkanes of at least 4 members (excludes halogenated alkanes) is 1. The molecule has 2 nitrogen and oxygen atoms in total. The number of hydrogen-bond acceptors (Lipinski definition) is 2. The summed E-state index contributed by atoms with van der Waals surface area (Å²) in [6.45, 7) is 2.05. The highest BCUT2D eigenvalue weighted by molar-refractivity contribution is 7.78. The molecule has 1 atom stereocenters. The van der Waals surface area contributed by atoms with E-state index in [1.54, 1.807) is 0 Å². The molecule has 1 N–H and O–H groups in total. The Morgan fingerprint density at radius 2 is 2.36 bits per heavy atom. The maximum Gasteiger partial charge on any atom is 0.306 e. The molecule has 0 fully saturated rings. The van der Waals surface area contributed by atoms with Crippen LogP contribution in [0.4, 0.5) is 0 Å². The highest BCUT2D eigenvalue weighted by Gasteiger charge is 2.14. The van der Waals surface area contributed by atoms with Crippen molar-refractivity contribution in [1.29, 1.82) is 0 Å². The summed E-state index contributed by atoms with van der Waals surface area (Å²) in [5.74, 6) is -0.980. The van der Waals surface area contributed by atoms with Gasteiger partial charge in [0.25, 0.3) is 0 Å². The van der Waals surface area contributed by atoms with Crippen molar-refractivity contribution in [2.24, 2.45) is 5.92 Å². The van der Waals surface area contributed by atoms with Crippen molar-refractivity contribution in [3.8, 4) is 0 Å². The third-order valence-corrected chi connectivity index (χ3v) is 1.83. The van der Waals surface area contributed by atoms with Crippen LogP contribution < -0.4 is 0 Å². The summed E-state index contributed by atoms with van der Waals surface area (Å²) in [6.07, 6.45) is 3.28. The fourth-order valence-electron chi connectivity index (χ4n) is 0.909. The van der Waals surface area contributed by atoms with Crippen molar-refractivity contribution in [3.63, 3.8) is 0 Å². The summed E-state index contributed by atoms with van der Waals surface area (Å²) in [5, 5.41) is 10.2. The monoisotopic (exact) mass is 174 g/mol. The zero-order chi connectivity index (χ0) is 8.69. The van der Waals surface area contributed by atoms with E-state index in [2.05, 4.69) is 19.1 Å². The SMILES string of the molecule is CCCCC(CC=S)C(=O)O. The number of aliphatic carboxylic acids is 1. The number of carboxylic acids is 1. The van der Waals surface area contributed by atoms with Gasteiger partial charge in [-0.2, -0.15) is 0 Å². The lowest BCUT2D eigenvalue weighted by atomic mass is 10.00. The maximum absolute atomic E-state index is 10.5. The molecule has 0 spiro atoms. The van der Waals surface area contributed by atoms with Crippen molar-refractivity contribution in [2.75, 3.05) is 0 Å². The van der Waals surface area contributed by atoms with E-state index in [4.69, 9.17) is 5.11 Å². The summed E-state index contributed by atoms with van der Waals surface area (Å²) in [4.78, 5) is 10.5. The molecule has 0 aromatic rings. The molecule has 1 unspecified atom stereocenters. The van der Waals surface area contributed by atoms with E-state index in [0.717, 1.165) is 19.3 Å². The van der Waals surface area contributed by atoms with Crippen LogP contribution in [0.1, 0.15) is 32.6 Å². The first-order chi connectivity index (χ1) is 5.22. The molecule has 0 radical (unpaired) electrons. The van der Waals surface area contributed by atoms with Gasteiger partial charge in [0.05, 0.1) is 5.92 Å². The van der Waals surface area contributed by atoms with E-state index >= 15 is 0 Å². The fraction of sp³-hybridized carbons (Fsp3) is 0.750. The van der Waals surface area contributed by atoms with Gasteiger partial charge in [-0.15, -0.1) is 0 Å². The van der Waals surface area contributed by atoms with Gasteiger partial charge in [0, 0.05) is 0 Å². The van der Waals surface area contributed by atoms with Gasteiger partial charge in [0.15, 0.2) is 0 Å². The van der Waals surface area contributed by atoms with Crippen LogP contribution in [0.5, 0.6) is 0 Å². The highest BCUT2D eigenvalue weighted by Crippen LogP contribution is 2.11. The number of hydrogen-bond donors (Lipinski definition) is 1. The Morgan fingerprint density at radius 3 is 2.73 bits per heavy atom. The first-order valence-corrected chi connectivity index (χ1v) is 4.36. The van der Waals surface area contributed by atoms with Crippen LogP contribution in [0.25, 0.3) is 0 Å². The Balaban J connectivity index is 3.69. The minimum Gasteiger partial charge on any atom is -0.481 e. The Bertz CT molecular complexity index is 134. The first kappa shape index (κ1) is 10.6. The third-order valence-electron chi connectivity index (χ3n) is 1.64. The van der Waals surface area contributed by atoms with Crippen LogP contribution in [-0.2, 0) is 4.79 Å². The van der Waals surface area contributed by atoms with Crippen LogP contribution in [0.15, 0.2) is 0 Å². The molecule has 64 valence electrons. The smallest absolute Gasteiger partial charge is 0.306 e. The Labute approximate surface area is 72.6 Å². The predicted octanol–water partition coefficient (Wildman–Crippen LogP) is 2.27. The quantitative estimate of drug-likeness (QED) is 0.628. The molecular formula is C8H14O2S. The zero-order valence-corrected chi connectivity index (χ0v) is 7.56. The molecule has 0 amide bonds. The minimum absolute atomic E-state index is 0.257. The van der Waals surface area contributed by atoms with E-state index in [0.29, 0.717) is 6.42 Å². The molecule has 0 heterocycles. The lowest BCUT2D eigenvalue weighted by molar-refractivity contribution is -0.141. The van der Waals surface area contributed by atoms with Gasteiger partial charge in [-0.1, -0.05) is 32.0 Å². The molecule has 0 aliphatic rings. The lowest BCUT2D eigenvalue weighted by Gasteiger charge is -2.07. The molecule has 0 aliphatic carbocycles. The number of carbonyl (C=O) groups is 1. The third kappa shape index (κ3) is 4.90. The van der Waals surface area contributed by atoms with Gasteiger partial charge >= 0.3 is 5.97 Å². The summed E-state index contributed by atoms with van der Waals surface area (Å²) < 4.78 is 0. The standard InChI is InChI=1S/C8H14O2S/c1-2-3-4-7(5-6-11)8(9)10/h6-7H,2-5H2,1H3,(H,9,10). The normalized spacial score (nSPS) is 12.5. The zero-order valence-electron chi connectivity index (χ0n) is 6.75. The summed E-state index contributed by atoms with van der Waals surface area (Å²) in [5.41, 5.74) is 0. The number of carboxylic acid groups (broad SMARTS) is 1. The highest BCUT2D eigenvalue weighted by atomic mass is 32.1. The fourth-order valence-corrected chi connectivity index (χ4v) is 1.14. The van der Waals surface area contributed by atoms with Crippen molar-refractivity contribution < 1.29 is 9.90 Å². The van der Waals surface area contributed by atoms with E-state index < -0.39 is 5.97 Å². The van der Waals surface area contributed by atoms with E-state index in [-0.39, 0.29) is 5.92 Å². The van der Waals surface area contributed by atoms with E-state index in [1.807, 2.05) is 0 Å². The van der Waals surface area contributed by atoms with E-state index in [9.17, 15) is 4.79 Å². The van der Waals surface area contributed by atoms with Gasteiger partial charge in [-0.05, 0) is 18.2 Å². The van der Waals surface area contributed by atoms with Gasteiger partial charge < -0.3 is 5.11 Å². The van der Waals surface area contributed by atoms with Gasteiger partial charge in [-0.25, -0.2) is 0 Å². The Hall–Kier alpha value is -0.440. The molecular weight excluding hydrogens is 160 g/mol. The number of thiocarbonyl (C=S) groups is 1. The van der Waals surface area contributed by atoms with Crippen molar-refractivity contribution in [1.82, 2.24) is 0 Å². The second-order valence-electron chi connectivity index (χ2n) is 2.58. The maximum atomic E-state index is 10.5. The molecule has 0 aromatic carbocycles. The van der Waals surface area contributed by atoms with Crippen LogP contribution in [0.2, 0.25) is 0 Å². The second kappa shape index (κ2) is 6.28. The summed E-state index contributed by atoms with van der Waals surface area (Å²) >= 11 is 4.61. The summed E-state index contributed by atoms with van der Waals surface area (Å²) in [7, 11) is 0. The molecule has 0 saturated heterocycles. The predicted molar refractivity (Wildman–Crippen MR) is 48.9 cm³/mol. The van der Waals surface area contributed by atoms with Crippen molar-refractivity contribution in [2.45, 2.75) is 32.6 Å². The number of rotatable bonds is 6. The van der Waals surface area contributed by atoms with Crippen LogP contribution >= 0.6 is 12.2 Å². The average molecular weight is 174 g/mol. The van der Waals surface area contributed by atoms with E-state index in [1.165, 1.54) is 5.37 Å². The molecule has 11 heavy (non-hydrogen) atoms. The Morgan fingerprint density at radius 1 is 1.73 bits per heavy atom. The van der Waals surface area contributed by atoms with Crippen LogP contribution in [0, 0.1) is 5.92 Å². The molecule has 3 heteroatoms. The van der Waals surface area contributed by atoms with Gasteiger partial charge in [0.1, 0.15) is 0 Å². The lowest BCUT2D eigenvalue weighted by Crippen LogP contribution is -2.13. The minimum atomic E-state index is -0.723. The molecule has 0 bridgehead atoms. The van der Waals surface area contributed by atoms with Gasteiger partial charge in [0.2, 0.25) is 0 Å². The molecule has 0 saturated carbocycles. The molecule has 0 aliphatic heterocycles. The van der Waals surface area contributed by atoms with Crippen molar-refractivity contribution >= 4 is 23.6 Å². The Kier molecular flexibility index (Phi) is 6.03. The first-order valence-electron chi connectivity index (χ1n) is 3.88. The van der Waals surface area contributed by atoms with Crippen LogP contribution in [-0.4, -0.2) is 16.4 Å². The topological polar surface area (TPSA) is 37.3 Å². The van der Waals surface area contributed by atoms with Gasteiger partial charge in [-0.3, -0.25) is 4.79 Å².